The summed E-state index contributed by atoms with van der Waals surface area (Å²) in [7, 11) is 0. The first-order valence-corrected chi connectivity index (χ1v) is 5.83. The fraction of sp³-hybridized carbons (Fsp3) is 0.917. The molecule has 1 saturated heterocycles. The third-order valence-electron chi connectivity index (χ3n) is 3.52. The van der Waals surface area contributed by atoms with Crippen molar-refractivity contribution >= 4 is 5.91 Å². The molecule has 0 radical (unpaired) electrons. The number of nitrogens with zero attached hydrogens (tertiary/aromatic N) is 1. The van der Waals surface area contributed by atoms with Crippen molar-refractivity contribution in [2.24, 2.45) is 17.6 Å². The molecule has 88 valence electrons. The van der Waals surface area contributed by atoms with Gasteiger partial charge in [-0.3, -0.25) is 4.79 Å². The molecule has 0 aromatic heterocycles. The van der Waals surface area contributed by atoms with E-state index in [0.717, 1.165) is 13.0 Å². The number of likely N-dealkylation sites (tertiary alicyclic amines) is 1. The lowest BCUT2D eigenvalue weighted by atomic mass is 9.96. The second-order valence-corrected chi connectivity index (χ2v) is 5.72. The van der Waals surface area contributed by atoms with Crippen LogP contribution in [0, 0.1) is 11.8 Å². The molecule has 1 heterocycles. The zero-order valence-electron chi connectivity index (χ0n) is 10.6. The van der Waals surface area contributed by atoms with E-state index >= 15 is 0 Å². The maximum absolute atomic E-state index is 12.2. The minimum atomic E-state index is -0.0745. The van der Waals surface area contributed by atoms with Crippen molar-refractivity contribution in [3.05, 3.63) is 0 Å². The number of carbonyl (C=O) groups excluding carboxylic acids is 1. The van der Waals surface area contributed by atoms with Gasteiger partial charge in [0.25, 0.3) is 0 Å². The fourth-order valence-electron chi connectivity index (χ4n) is 2.45. The lowest BCUT2D eigenvalue weighted by Crippen LogP contribution is -2.48. The lowest BCUT2D eigenvalue weighted by Gasteiger charge is -2.34. The highest BCUT2D eigenvalue weighted by atomic mass is 16.2. The Bertz CT molecular complexity index is 248. The number of nitrogens with two attached hydrogens (primary N) is 1. The largest absolute Gasteiger partial charge is 0.337 e. The zero-order valence-corrected chi connectivity index (χ0v) is 10.6. The minimum absolute atomic E-state index is 0.000347. The molecule has 1 aliphatic rings. The molecule has 0 aromatic rings. The van der Waals surface area contributed by atoms with Crippen LogP contribution in [0.4, 0.5) is 0 Å². The number of rotatable bonds is 2. The van der Waals surface area contributed by atoms with E-state index in [1.165, 1.54) is 0 Å². The zero-order chi connectivity index (χ0) is 11.8. The van der Waals surface area contributed by atoms with Crippen molar-refractivity contribution in [3.8, 4) is 0 Å². The molecule has 1 amide bonds. The highest BCUT2D eigenvalue weighted by Gasteiger charge is 2.40. The Kier molecular flexibility index (Phi) is 3.44. The summed E-state index contributed by atoms with van der Waals surface area (Å²) in [5.74, 6) is 0.734. The van der Waals surface area contributed by atoms with Gasteiger partial charge in [-0.2, -0.15) is 0 Å². The van der Waals surface area contributed by atoms with Crippen LogP contribution in [0.25, 0.3) is 0 Å². The van der Waals surface area contributed by atoms with Gasteiger partial charge in [0.15, 0.2) is 0 Å². The molecule has 0 spiro atoms. The molecular formula is C12H24N2O. The summed E-state index contributed by atoms with van der Waals surface area (Å²) in [6, 6.07) is -0.0655. The van der Waals surface area contributed by atoms with Crippen molar-refractivity contribution in [3.63, 3.8) is 0 Å². The lowest BCUT2D eigenvalue weighted by molar-refractivity contribution is -0.138. The van der Waals surface area contributed by atoms with Crippen LogP contribution in [0.2, 0.25) is 0 Å². The van der Waals surface area contributed by atoms with Gasteiger partial charge in [-0.05, 0) is 33.1 Å². The van der Waals surface area contributed by atoms with Crippen LogP contribution in [0.15, 0.2) is 0 Å². The molecule has 2 N–H and O–H groups in total. The van der Waals surface area contributed by atoms with Gasteiger partial charge in [0.05, 0.1) is 5.92 Å². The molecule has 1 aliphatic heterocycles. The molecule has 1 rings (SSSR count). The third kappa shape index (κ3) is 2.51. The van der Waals surface area contributed by atoms with Crippen molar-refractivity contribution in [2.75, 3.05) is 6.54 Å². The average molecular weight is 212 g/mol. The SMILES string of the molecule is CC1CN(C(=O)C(C)C(C)N)C(C)(C)C1. The second kappa shape index (κ2) is 4.12. The molecule has 0 aromatic carbocycles. The molecule has 3 nitrogen and oxygen atoms in total. The van der Waals surface area contributed by atoms with E-state index in [1.807, 2.05) is 18.7 Å². The van der Waals surface area contributed by atoms with Gasteiger partial charge < -0.3 is 10.6 Å². The topological polar surface area (TPSA) is 46.3 Å². The van der Waals surface area contributed by atoms with Gasteiger partial charge in [-0.25, -0.2) is 0 Å². The first-order chi connectivity index (χ1) is 6.75. The second-order valence-electron chi connectivity index (χ2n) is 5.72. The Labute approximate surface area is 93.0 Å². The van der Waals surface area contributed by atoms with Gasteiger partial charge in [0.1, 0.15) is 0 Å². The molecule has 3 atom stereocenters. The maximum atomic E-state index is 12.2. The van der Waals surface area contributed by atoms with E-state index in [-0.39, 0.29) is 23.4 Å². The van der Waals surface area contributed by atoms with Crippen molar-refractivity contribution in [1.29, 1.82) is 0 Å². The Morgan fingerprint density at radius 2 is 2.00 bits per heavy atom. The van der Waals surface area contributed by atoms with Gasteiger partial charge in [0, 0.05) is 18.1 Å². The molecule has 0 bridgehead atoms. The summed E-state index contributed by atoms with van der Waals surface area (Å²) in [5.41, 5.74) is 5.78. The quantitative estimate of drug-likeness (QED) is 0.756. The predicted octanol–water partition coefficient (Wildman–Crippen LogP) is 1.62. The van der Waals surface area contributed by atoms with E-state index in [1.54, 1.807) is 0 Å². The fourth-order valence-corrected chi connectivity index (χ4v) is 2.45. The van der Waals surface area contributed by atoms with E-state index in [9.17, 15) is 4.79 Å². The van der Waals surface area contributed by atoms with Crippen molar-refractivity contribution in [2.45, 2.75) is 52.6 Å². The first kappa shape index (κ1) is 12.5. The van der Waals surface area contributed by atoms with Gasteiger partial charge in [-0.1, -0.05) is 13.8 Å². The number of hydrogen-bond donors (Lipinski definition) is 1. The van der Waals surface area contributed by atoms with E-state index in [2.05, 4.69) is 20.8 Å². The maximum Gasteiger partial charge on any atom is 0.227 e. The first-order valence-electron chi connectivity index (χ1n) is 5.83. The van der Waals surface area contributed by atoms with E-state index in [0.29, 0.717) is 5.92 Å². The van der Waals surface area contributed by atoms with Crippen LogP contribution < -0.4 is 5.73 Å². The molecule has 3 unspecified atom stereocenters. The van der Waals surface area contributed by atoms with Crippen molar-refractivity contribution in [1.82, 2.24) is 4.90 Å². The summed E-state index contributed by atoms with van der Waals surface area (Å²) in [6.07, 6.45) is 1.09. The standard InChI is InChI=1S/C12H24N2O/c1-8-6-12(4,5)14(7-8)11(15)9(2)10(3)13/h8-10H,6-7,13H2,1-5H3. The molecule has 15 heavy (non-hydrogen) atoms. The summed E-state index contributed by atoms with van der Waals surface area (Å²) in [5, 5.41) is 0. The van der Waals surface area contributed by atoms with Crippen LogP contribution in [-0.4, -0.2) is 28.9 Å². The molecule has 1 fully saturated rings. The predicted molar refractivity (Wildman–Crippen MR) is 62.4 cm³/mol. The van der Waals surface area contributed by atoms with E-state index in [4.69, 9.17) is 5.73 Å². The summed E-state index contributed by atoms with van der Waals surface area (Å²) >= 11 is 0. The monoisotopic (exact) mass is 212 g/mol. The summed E-state index contributed by atoms with van der Waals surface area (Å²) in [6.45, 7) is 11.2. The van der Waals surface area contributed by atoms with Crippen LogP contribution in [0.1, 0.15) is 41.0 Å². The smallest absolute Gasteiger partial charge is 0.227 e. The Balaban J connectivity index is 2.76. The number of amides is 1. The molecule has 3 heteroatoms. The highest BCUT2D eigenvalue weighted by Crippen LogP contribution is 2.33. The minimum Gasteiger partial charge on any atom is -0.337 e. The molecular weight excluding hydrogens is 188 g/mol. The van der Waals surface area contributed by atoms with Crippen LogP contribution in [0.5, 0.6) is 0 Å². The summed E-state index contributed by atoms with van der Waals surface area (Å²) in [4.78, 5) is 14.2. The molecule has 0 saturated carbocycles. The Morgan fingerprint density at radius 1 is 1.47 bits per heavy atom. The molecule has 0 aliphatic carbocycles. The van der Waals surface area contributed by atoms with Gasteiger partial charge in [-0.15, -0.1) is 0 Å². The normalized spacial score (nSPS) is 28.9. The number of carbonyl (C=O) groups is 1. The summed E-state index contributed by atoms with van der Waals surface area (Å²) < 4.78 is 0. The van der Waals surface area contributed by atoms with Crippen LogP contribution in [-0.2, 0) is 4.79 Å². The number of hydrogen-bond acceptors (Lipinski definition) is 2. The van der Waals surface area contributed by atoms with Crippen molar-refractivity contribution < 1.29 is 4.79 Å². The van der Waals surface area contributed by atoms with Gasteiger partial charge in [0.2, 0.25) is 5.91 Å². The van der Waals surface area contributed by atoms with E-state index < -0.39 is 0 Å². The highest BCUT2D eigenvalue weighted by molar-refractivity contribution is 5.80. The van der Waals surface area contributed by atoms with Crippen LogP contribution in [0.3, 0.4) is 0 Å². The average Bonchev–Trinajstić information content (AvgIpc) is 2.36. The Morgan fingerprint density at radius 3 is 2.33 bits per heavy atom. The van der Waals surface area contributed by atoms with Gasteiger partial charge >= 0.3 is 0 Å². The van der Waals surface area contributed by atoms with Crippen LogP contribution >= 0.6 is 0 Å². The Hall–Kier alpha value is -0.570. The third-order valence-corrected chi connectivity index (χ3v) is 3.52.